The summed E-state index contributed by atoms with van der Waals surface area (Å²) < 4.78 is 0. The van der Waals surface area contributed by atoms with Crippen molar-refractivity contribution in [2.75, 3.05) is 19.6 Å². The summed E-state index contributed by atoms with van der Waals surface area (Å²) in [5, 5.41) is 13.6. The van der Waals surface area contributed by atoms with Crippen molar-refractivity contribution in [3.63, 3.8) is 0 Å². The second-order valence-electron chi connectivity index (χ2n) is 8.31. The summed E-state index contributed by atoms with van der Waals surface area (Å²) >= 11 is 0. The molecule has 0 radical (unpaired) electrons. The summed E-state index contributed by atoms with van der Waals surface area (Å²) in [4.78, 5) is 16.4. The van der Waals surface area contributed by atoms with Crippen molar-refractivity contribution in [3.05, 3.63) is 0 Å². The molecule has 5 nitrogen and oxygen atoms in total. The Bertz CT molecular complexity index is 415. The number of carboxylic acid groups (broad SMARTS) is 1. The first kappa shape index (κ1) is 16.1. The fourth-order valence-electron chi connectivity index (χ4n) is 4.79. The van der Waals surface area contributed by atoms with Gasteiger partial charge < -0.3 is 10.4 Å². The fourth-order valence-corrected chi connectivity index (χ4v) is 4.79. The summed E-state index contributed by atoms with van der Waals surface area (Å²) in [6.45, 7) is 9.60. The van der Waals surface area contributed by atoms with Gasteiger partial charge in [-0.3, -0.25) is 9.80 Å². The smallest absolute Gasteiger partial charge is 0.407 e. The van der Waals surface area contributed by atoms with Crippen LogP contribution in [0.5, 0.6) is 0 Å². The second kappa shape index (κ2) is 6.00. The van der Waals surface area contributed by atoms with Gasteiger partial charge in [-0.15, -0.1) is 0 Å². The molecule has 4 atom stereocenters. The zero-order chi connectivity index (χ0) is 15.9. The van der Waals surface area contributed by atoms with E-state index < -0.39 is 6.09 Å². The first-order chi connectivity index (χ1) is 10.4. The van der Waals surface area contributed by atoms with Crippen molar-refractivity contribution in [3.8, 4) is 0 Å². The quantitative estimate of drug-likeness (QED) is 0.781. The Hall–Kier alpha value is -0.810. The average Bonchev–Trinajstić information content (AvgIpc) is 2.98. The van der Waals surface area contributed by atoms with Gasteiger partial charge in [-0.2, -0.15) is 0 Å². The van der Waals surface area contributed by atoms with Crippen LogP contribution in [0.3, 0.4) is 0 Å². The zero-order valence-corrected chi connectivity index (χ0v) is 14.2. The van der Waals surface area contributed by atoms with Crippen molar-refractivity contribution in [2.45, 2.75) is 77.0 Å². The third-order valence-electron chi connectivity index (χ3n) is 5.90. The van der Waals surface area contributed by atoms with Gasteiger partial charge in [0.05, 0.1) is 12.1 Å². The lowest BCUT2D eigenvalue weighted by atomic mass is 9.77. The fraction of sp³-hybridized carbons (Fsp3) is 0.941. The van der Waals surface area contributed by atoms with Crippen LogP contribution in [0.4, 0.5) is 4.79 Å². The minimum atomic E-state index is -0.738. The number of nitrogens with one attached hydrogen (secondary N) is 1. The van der Waals surface area contributed by atoms with E-state index in [1.165, 1.54) is 32.4 Å². The van der Waals surface area contributed by atoms with E-state index in [2.05, 4.69) is 31.0 Å². The maximum atomic E-state index is 12.0. The highest BCUT2D eigenvalue weighted by molar-refractivity contribution is 5.66. The van der Waals surface area contributed by atoms with Gasteiger partial charge in [-0.1, -0.05) is 20.8 Å². The van der Waals surface area contributed by atoms with E-state index in [-0.39, 0.29) is 17.5 Å². The lowest BCUT2D eigenvalue weighted by Gasteiger charge is -2.55. The number of amides is 1. The number of rotatable bonds is 1. The lowest BCUT2D eigenvalue weighted by molar-refractivity contribution is -0.0218. The van der Waals surface area contributed by atoms with Crippen LogP contribution in [0.15, 0.2) is 0 Å². The molecule has 1 saturated carbocycles. The van der Waals surface area contributed by atoms with Gasteiger partial charge in [-0.25, -0.2) is 4.79 Å². The molecule has 0 spiro atoms. The molecule has 4 unspecified atom stereocenters. The second-order valence-corrected chi connectivity index (χ2v) is 8.31. The topological polar surface area (TPSA) is 55.8 Å². The van der Waals surface area contributed by atoms with Gasteiger partial charge in [-0.05, 0) is 50.6 Å². The monoisotopic (exact) mass is 309 g/mol. The van der Waals surface area contributed by atoms with E-state index in [1.54, 1.807) is 4.90 Å². The minimum Gasteiger partial charge on any atom is -0.465 e. The van der Waals surface area contributed by atoms with Crippen molar-refractivity contribution >= 4 is 6.09 Å². The van der Waals surface area contributed by atoms with Gasteiger partial charge in [0.25, 0.3) is 0 Å². The molecule has 1 aliphatic carbocycles. The molecule has 3 fully saturated rings. The van der Waals surface area contributed by atoms with E-state index in [9.17, 15) is 9.90 Å². The largest absolute Gasteiger partial charge is 0.465 e. The summed E-state index contributed by atoms with van der Waals surface area (Å²) in [7, 11) is 0. The molecule has 1 amide bonds. The molecule has 2 saturated heterocycles. The van der Waals surface area contributed by atoms with Crippen LogP contribution in [0, 0.1) is 5.41 Å². The van der Waals surface area contributed by atoms with Crippen molar-refractivity contribution < 1.29 is 9.90 Å². The Balaban J connectivity index is 1.83. The summed E-state index contributed by atoms with van der Waals surface area (Å²) in [6, 6.07) is 1.02. The highest BCUT2D eigenvalue weighted by Crippen LogP contribution is 2.36. The number of likely N-dealkylation sites (tertiary alicyclic amines) is 1. The molecular weight excluding hydrogens is 278 g/mol. The van der Waals surface area contributed by atoms with E-state index in [1.807, 2.05) is 0 Å². The summed E-state index contributed by atoms with van der Waals surface area (Å²) in [5.74, 6) is 0. The number of hydrogen-bond donors (Lipinski definition) is 2. The Morgan fingerprint density at radius 2 is 1.73 bits per heavy atom. The van der Waals surface area contributed by atoms with Crippen molar-refractivity contribution in [1.82, 2.24) is 15.1 Å². The van der Waals surface area contributed by atoms with Crippen LogP contribution in [0.25, 0.3) is 0 Å². The maximum absolute atomic E-state index is 12.0. The van der Waals surface area contributed by atoms with Crippen LogP contribution in [0.2, 0.25) is 0 Å². The van der Waals surface area contributed by atoms with Crippen LogP contribution >= 0.6 is 0 Å². The summed E-state index contributed by atoms with van der Waals surface area (Å²) in [5.41, 5.74) is -0.0308. The molecule has 126 valence electrons. The maximum Gasteiger partial charge on any atom is 0.407 e. The van der Waals surface area contributed by atoms with Crippen LogP contribution in [0.1, 0.15) is 52.9 Å². The first-order valence-corrected chi connectivity index (χ1v) is 8.88. The van der Waals surface area contributed by atoms with Gasteiger partial charge in [0.2, 0.25) is 0 Å². The molecule has 22 heavy (non-hydrogen) atoms. The van der Waals surface area contributed by atoms with Crippen LogP contribution in [-0.4, -0.2) is 64.8 Å². The third-order valence-corrected chi connectivity index (χ3v) is 5.90. The first-order valence-electron chi connectivity index (χ1n) is 8.88. The van der Waals surface area contributed by atoms with Crippen molar-refractivity contribution in [1.29, 1.82) is 0 Å². The molecule has 0 aromatic rings. The average molecular weight is 309 g/mol. The highest BCUT2D eigenvalue weighted by atomic mass is 16.4. The standard InChI is InChI=1S/C17H31N3O2/c1-17(2,3)14-11-18-15-12(19-9-4-5-10-19)7-6-8-13(15)20(14)16(21)22/h12-15,18H,4-11H2,1-3H3,(H,21,22). The van der Waals surface area contributed by atoms with Gasteiger partial charge in [0.1, 0.15) is 0 Å². The number of hydrogen-bond acceptors (Lipinski definition) is 3. The molecule has 0 bridgehead atoms. The molecule has 2 N–H and O–H groups in total. The van der Waals surface area contributed by atoms with E-state index in [0.29, 0.717) is 12.1 Å². The normalized spacial score (nSPS) is 37.1. The Kier molecular flexibility index (Phi) is 4.38. The van der Waals surface area contributed by atoms with Crippen LogP contribution in [-0.2, 0) is 0 Å². The number of fused-ring (bicyclic) bond motifs is 1. The molecular formula is C17H31N3O2. The van der Waals surface area contributed by atoms with E-state index >= 15 is 0 Å². The number of piperazine rings is 1. The Morgan fingerprint density at radius 3 is 2.32 bits per heavy atom. The van der Waals surface area contributed by atoms with E-state index in [0.717, 1.165) is 19.4 Å². The van der Waals surface area contributed by atoms with E-state index in [4.69, 9.17) is 0 Å². The summed E-state index contributed by atoms with van der Waals surface area (Å²) in [6.07, 6.45) is 5.20. The van der Waals surface area contributed by atoms with Gasteiger partial charge in [0.15, 0.2) is 0 Å². The van der Waals surface area contributed by atoms with Crippen LogP contribution < -0.4 is 5.32 Å². The zero-order valence-electron chi connectivity index (χ0n) is 14.2. The molecule has 3 rings (SSSR count). The number of carbonyl (C=O) groups is 1. The Labute approximate surface area is 134 Å². The molecule has 3 aliphatic rings. The third kappa shape index (κ3) is 2.85. The van der Waals surface area contributed by atoms with Gasteiger partial charge >= 0.3 is 6.09 Å². The Morgan fingerprint density at radius 1 is 1.09 bits per heavy atom. The number of nitrogens with zero attached hydrogens (tertiary/aromatic N) is 2. The predicted octanol–water partition coefficient (Wildman–Crippen LogP) is 2.37. The molecule has 5 heteroatoms. The molecule has 2 heterocycles. The molecule has 0 aromatic heterocycles. The minimum absolute atomic E-state index is 0.0308. The highest BCUT2D eigenvalue weighted by Gasteiger charge is 2.49. The molecule has 2 aliphatic heterocycles. The van der Waals surface area contributed by atoms with Gasteiger partial charge in [0, 0.05) is 18.6 Å². The lowest BCUT2D eigenvalue weighted by Crippen LogP contribution is -2.72. The van der Waals surface area contributed by atoms with Crippen molar-refractivity contribution in [2.24, 2.45) is 5.41 Å². The predicted molar refractivity (Wildman–Crippen MR) is 87.1 cm³/mol. The SMILES string of the molecule is CC(C)(C)C1CNC2C(N3CCCC3)CCCC2N1C(=O)O. The molecule has 0 aromatic carbocycles.